The molecule has 0 atom stereocenters. The van der Waals surface area contributed by atoms with Gasteiger partial charge in [0, 0.05) is 11.9 Å². The Morgan fingerprint density at radius 3 is 2.75 bits per heavy atom. The first-order valence-electron chi connectivity index (χ1n) is 4.80. The zero-order chi connectivity index (χ0) is 11.7. The Morgan fingerprint density at radius 2 is 2.25 bits per heavy atom. The Labute approximate surface area is 107 Å². The highest BCUT2D eigenvalue weighted by molar-refractivity contribution is 14.1. The highest BCUT2D eigenvalue weighted by atomic mass is 127. The minimum absolute atomic E-state index is 0.0786. The predicted molar refractivity (Wildman–Crippen MR) is 67.3 cm³/mol. The van der Waals surface area contributed by atoms with Crippen LogP contribution in [0.25, 0.3) is 0 Å². The van der Waals surface area contributed by atoms with Gasteiger partial charge in [0.1, 0.15) is 6.54 Å². The van der Waals surface area contributed by atoms with Crippen molar-refractivity contribution in [3.05, 3.63) is 33.4 Å². The van der Waals surface area contributed by atoms with E-state index in [2.05, 4.69) is 32.8 Å². The van der Waals surface area contributed by atoms with Crippen molar-refractivity contribution in [1.82, 2.24) is 19.6 Å². The number of carbonyl (C=O) groups excluding carboxylic acids is 1. The number of carbonyl (C=O) groups is 1. The molecule has 0 fully saturated rings. The Balaban J connectivity index is 2.17. The van der Waals surface area contributed by atoms with E-state index >= 15 is 0 Å². The van der Waals surface area contributed by atoms with Gasteiger partial charge in [-0.15, -0.1) is 0 Å². The Bertz CT molecular complexity index is 529. The first kappa shape index (κ1) is 11.3. The summed E-state index contributed by atoms with van der Waals surface area (Å²) in [5, 5.41) is 8.20. The molecule has 0 spiro atoms. The minimum Gasteiger partial charge on any atom is -0.270 e. The number of halogens is 1. The molecule has 2 heterocycles. The van der Waals surface area contributed by atoms with Crippen LogP contribution >= 0.6 is 22.6 Å². The van der Waals surface area contributed by atoms with E-state index in [9.17, 15) is 4.79 Å². The third-order valence-corrected chi connectivity index (χ3v) is 2.70. The van der Waals surface area contributed by atoms with E-state index in [4.69, 9.17) is 0 Å². The van der Waals surface area contributed by atoms with E-state index in [1.165, 1.54) is 4.68 Å². The van der Waals surface area contributed by atoms with Crippen molar-refractivity contribution in [2.24, 2.45) is 0 Å². The fourth-order valence-corrected chi connectivity index (χ4v) is 1.96. The van der Waals surface area contributed by atoms with Crippen LogP contribution in [0.1, 0.15) is 16.2 Å². The summed E-state index contributed by atoms with van der Waals surface area (Å²) in [6, 6.07) is 1.88. The van der Waals surface area contributed by atoms with Crippen LogP contribution in [-0.4, -0.2) is 25.5 Å². The second-order valence-corrected chi connectivity index (χ2v) is 4.83. The summed E-state index contributed by atoms with van der Waals surface area (Å²) in [6.07, 6.45) is 3.54. The monoisotopic (exact) mass is 330 g/mol. The molecule has 16 heavy (non-hydrogen) atoms. The molecular formula is C10H11IN4O. The van der Waals surface area contributed by atoms with Gasteiger partial charge in [-0.25, -0.2) is 4.68 Å². The lowest BCUT2D eigenvalue weighted by Crippen LogP contribution is -2.20. The van der Waals surface area contributed by atoms with Crippen LogP contribution in [0.2, 0.25) is 0 Å². The number of hydrogen-bond donors (Lipinski definition) is 0. The van der Waals surface area contributed by atoms with Crippen molar-refractivity contribution in [2.75, 3.05) is 0 Å². The lowest BCUT2D eigenvalue weighted by Gasteiger charge is -2.02. The largest absolute Gasteiger partial charge is 0.270 e. The molecule has 0 aliphatic rings. The standard InChI is InChI=1S/C10H11IN4O/c1-7-3-8(2)15(13-7)10(16)6-14-5-9(11)4-12-14/h3-5H,6H2,1-2H3. The summed E-state index contributed by atoms with van der Waals surface area (Å²) >= 11 is 2.16. The molecule has 2 rings (SSSR count). The maximum atomic E-state index is 11.9. The highest BCUT2D eigenvalue weighted by Gasteiger charge is 2.11. The summed E-state index contributed by atoms with van der Waals surface area (Å²) in [7, 11) is 0. The smallest absolute Gasteiger partial charge is 0.268 e. The van der Waals surface area contributed by atoms with Crippen molar-refractivity contribution in [2.45, 2.75) is 20.4 Å². The van der Waals surface area contributed by atoms with Crippen LogP contribution in [0.3, 0.4) is 0 Å². The van der Waals surface area contributed by atoms with Crippen LogP contribution in [0, 0.1) is 17.4 Å². The second kappa shape index (κ2) is 4.36. The molecule has 0 aliphatic heterocycles. The zero-order valence-corrected chi connectivity index (χ0v) is 11.2. The van der Waals surface area contributed by atoms with E-state index in [-0.39, 0.29) is 12.5 Å². The summed E-state index contributed by atoms with van der Waals surface area (Å²) in [6.45, 7) is 3.95. The van der Waals surface area contributed by atoms with Gasteiger partial charge in [0.25, 0.3) is 5.91 Å². The molecule has 6 heteroatoms. The maximum absolute atomic E-state index is 11.9. The lowest BCUT2D eigenvalue weighted by atomic mass is 10.4. The summed E-state index contributed by atoms with van der Waals surface area (Å²) in [5.41, 5.74) is 1.70. The molecule has 0 aromatic carbocycles. The van der Waals surface area contributed by atoms with Crippen LogP contribution in [0.15, 0.2) is 18.5 Å². The van der Waals surface area contributed by atoms with Crippen molar-refractivity contribution >= 4 is 28.5 Å². The lowest BCUT2D eigenvalue weighted by molar-refractivity contribution is 0.0867. The fraction of sp³-hybridized carbons (Fsp3) is 0.300. The van der Waals surface area contributed by atoms with E-state index < -0.39 is 0 Å². The van der Waals surface area contributed by atoms with Gasteiger partial charge in [0.2, 0.25) is 0 Å². The molecule has 0 amide bonds. The van der Waals surface area contributed by atoms with Gasteiger partial charge in [-0.2, -0.15) is 10.2 Å². The Hall–Kier alpha value is -1.18. The highest BCUT2D eigenvalue weighted by Crippen LogP contribution is 2.04. The average Bonchev–Trinajstić information content (AvgIpc) is 2.73. The fourth-order valence-electron chi connectivity index (χ4n) is 1.51. The first-order valence-corrected chi connectivity index (χ1v) is 5.88. The number of aromatic nitrogens is 4. The van der Waals surface area contributed by atoms with Gasteiger partial charge < -0.3 is 0 Å². The van der Waals surface area contributed by atoms with E-state index in [0.717, 1.165) is 15.0 Å². The number of aryl methyl sites for hydroxylation is 2. The molecule has 5 nitrogen and oxygen atoms in total. The number of hydrogen-bond acceptors (Lipinski definition) is 3. The van der Waals surface area contributed by atoms with Gasteiger partial charge >= 0.3 is 0 Å². The molecule has 0 N–H and O–H groups in total. The SMILES string of the molecule is Cc1cc(C)n(C(=O)Cn2cc(I)cn2)n1. The third kappa shape index (κ3) is 2.31. The van der Waals surface area contributed by atoms with Gasteiger partial charge in [-0.3, -0.25) is 9.48 Å². The summed E-state index contributed by atoms with van der Waals surface area (Å²) in [4.78, 5) is 11.9. The van der Waals surface area contributed by atoms with Crippen LogP contribution in [0.4, 0.5) is 0 Å². The quantitative estimate of drug-likeness (QED) is 0.787. The molecule has 0 saturated heterocycles. The average molecular weight is 330 g/mol. The third-order valence-electron chi connectivity index (χ3n) is 2.14. The van der Waals surface area contributed by atoms with E-state index in [1.54, 1.807) is 10.9 Å². The molecule has 0 saturated carbocycles. The van der Waals surface area contributed by atoms with Crippen molar-refractivity contribution in [1.29, 1.82) is 0 Å². The Kier molecular flexibility index (Phi) is 3.08. The van der Waals surface area contributed by atoms with E-state index in [1.807, 2.05) is 26.1 Å². The van der Waals surface area contributed by atoms with Crippen molar-refractivity contribution < 1.29 is 4.79 Å². The maximum Gasteiger partial charge on any atom is 0.268 e. The normalized spacial score (nSPS) is 10.7. The van der Waals surface area contributed by atoms with Gasteiger partial charge in [0.15, 0.2) is 0 Å². The molecule has 2 aromatic rings. The summed E-state index contributed by atoms with van der Waals surface area (Å²) in [5.74, 6) is -0.0786. The molecular weight excluding hydrogens is 319 g/mol. The number of rotatable bonds is 2. The van der Waals surface area contributed by atoms with Gasteiger partial charge in [-0.05, 0) is 42.5 Å². The predicted octanol–water partition coefficient (Wildman–Crippen LogP) is 1.64. The van der Waals surface area contributed by atoms with Crippen molar-refractivity contribution in [3.63, 3.8) is 0 Å². The topological polar surface area (TPSA) is 52.7 Å². The molecule has 2 aromatic heterocycles. The van der Waals surface area contributed by atoms with E-state index in [0.29, 0.717) is 0 Å². The second-order valence-electron chi connectivity index (χ2n) is 3.59. The van der Waals surface area contributed by atoms with Crippen LogP contribution < -0.4 is 0 Å². The number of nitrogens with zero attached hydrogens (tertiary/aromatic N) is 4. The molecule has 84 valence electrons. The summed E-state index contributed by atoms with van der Waals surface area (Å²) < 4.78 is 4.04. The minimum atomic E-state index is -0.0786. The first-order chi connectivity index (χ1) is 7.56. The van der Waals surface area contributed by atoms with Crippen LogP contribution in [-0.2, 0) is 6.54 Å². The van der Waals surface area contributed by atoms with Gasteiger partial charge in [-0.1, -0.05) is 0 Å². The molecule has 0 unspecified atom stereocenters. The van der Waals surface area contributed by atoms with Crippen molar-refractivity contribution in [3.8, 4) is 0 Å². The zero-order valence-electron chi connectivity index (χ0n) is 9.01. The molecule has 0 aliphatic carbocycles. The molecule has 0 bridgehead atoms. The van der Waals surface area contributed by atoms with Gasteiger partial charge in [0.05, 0.1) is 15.5 Å². The Morgan fingerprint density at radius 1 is 1.50 bits per heavy atom. The van der Waals surface area contributed by atoms with Crippen LogP contribution in [0.5, 0.6) is 0 Å². The molecule has 0 radical (unpaired) electrons.